The Hall–Kier alpha value is -7.78. The van der Waals surface area contributed by atoms with Gasteiger partial charge in [0.15, 0.2) is 0 Å². The number of allylic oxidation sites excluding steroid dienone is 8. The lowest BCUT2D eigenvalue weighted by atomic mass is 9.68. The summed E-state index contributed by atoms with van der Waals surface area (Å²) in [5, 5.41) is 2.61. The van der Waals surface area contributed by atoms with E-state index >= 15 is 0 Å². The number of benzene rings is 8. The normalized spacial score (nSPS) is 19.8. The van der Waals surface area contributed by atoms with Gasteiger partial charge < -0.3 is 18.9 Å². The van der Waals surface area contributed by atoms with Crippen LogP contribution in [0.1, 0.15) is 138 Å². The number of hydrogen-bond donors (Lipinski definition) is 0. The van der Waals surface area contributed by atoms with Gasteiger partial charge >= 0.3 is 11.9 Å². The Labute approximate surface area is 575 Å². The molecule has 10 heteroatoms. The van der Waals surface area contributed by atoms with Crippen LogP contribution in [-0.4, -0.2) is 51.6 Å². The molecular formula is C84H80Cl4O6. The van der Waals surface area contributed by atoms with Gasteiger partial charge in [0.2, 0.25) is 0 Å². The second kappa shape index (κ2) is 28.3. The summed E-state index contributed by atoms with van der Waals surface area (Å²) in [4.78, 5) is 27.8. The van der Waals surface area contributed by atoms with E-state index in [0.29, 0.717) is 33.3 Å². The van der Waals surface area contributed by atoms with Crippen molar-refractivity contribution >= 4 is 80.6 Å². The predicted octanol–water partition coefficient (Wildman–Crippen LogP) is 21.8. The van der Waals surface area contributed by atoms with Crippen LogP contribution < -0.4 is 0 Å². The third kappa shape index (κ3) is 12.2. The maximum atomic E-state index is 13.9. The van der Waals surface area contributed by atoms with Crippen molar-refractivity contribution in [2.75, 3.05) is 39.6 Å². The minimum absolute atomic E-state index is 0.167. The summed E-state index contributed by atoms with van der Waals surface area (Å²) in [5.41, 5.74) is 21.9. The number of esters is 2. The summed E-state index contributed by atoms with van der Waals surface area (Å²) in [6, 6.07) is 70.1. The Morgan fingerprint density at radius 3 is 1.04 bits per heavy atom. The molecule has 8 aromatic carbocycles. The van der Waals surface area contributed by atoms with Crippen molar-refractivity contribution in [1.29, 1.82) is 0 Å². The first-order valence-electron chi connectivity index (χ1n) is 32.4. The maximum Gasteiger partial charge on any atom is 0.307 e. The molecule has 0 N–H and O–H groups in total. The maximum absolute atomic E-state index is 13.9. The fourth-order valence-electron chi connectivity index (χ4n) is 16.1. The van der Waals surface area contributed by atoms with E-state index in [4.69, 9.17) is 65.4 Å². The first-order chi connectivity index (χ1) is 45.2. The van der Waals surface area contributed by atoms with E-state index < -0.39 is 21.7 Å². The lowest BCUT2D eigenvalue weighted by molar-refractivity contribution is -0.145. The van der Waals surface area contributed by atoms with Crippen molar-refractivity contribution in [2.24, 2.45) is 10.8 Å². The minimum atomic E-state index is -0.807. The molecule has 1 saturated heterocycles. The molecule has 0 amide bonds. The van der Waals surface area contributed by atoms with Crippen LogP contribution in [0.15, 0.2) is 251 Å². The Morgan fingerprint density at radius 2 is 0.723 bits per heavy atom. The topological polar surface area (TPSA) is 71.1 Å². The SMILES string of the molecule is C1COCCO1.CCOC(=O)C[C@@]12C(=C(c3ccccc3)c3ccccc31)C(C)(C)C(=C(C)C)/C2=C(\c1ccc(Cl)cc1)c1ccccc1Cl.CCOC(=O)C[C@]12C(=C(c3ccccc3)c3ccccc31)C(C)(C)C(=C(C)C)/C2=C(\c1ccc(Cl)cc1)c1ccccc1Cl. The van der Waals surface area contributed by atoms with Gasteiger partial charge in [-0.25, -0.2) is 0 Å². The standard InChI is InChI=1S/2C40H36Cl2O2.C4H8O2/c2*1-6-44-33(43)24-40-31-18-12-10-16-29(31)35(26-14-8-7-9-15-26)38(40)39(4,5)36(25(2)3)37(40)34(27-20-22-28(41)23-21-27)30-17-11-13-19-32(30)42;1-2-6-4-3-5-1/h2*7-23H,6,24H2,1-5H3;1-4H2/b2*37-34-;/t2*40-;/m10./s1. The summed E-state index contributed by atoms with van der Waals surface area (Å²) in [7, 11) is 0. The number of halogens is 4. The molecule has 0 aromatic heterocycles. The quantitative estimate of drug-likeness (QED) is 0.114. The summed E-state index contributed by atoms with van der Waals surface area (Å²) >= 11 is 27.0. The molecule has 2 saturated carbocycles. The molecule has 0 spiro atoms. The number of carbonyl (C=O) groups is 2. The molecule has 6 nitrogen and oxygen atoms in total. The lowest BCUT2D eigenvalue weighted by Crippen LogP contribution is -2.31. The number of carbonyl (C=O) groups excluding carboxylic acids is 2. The highest BCUT2D eigenvalue weighted by Crippen LogP contribution is 2.73. The van der Waals surface area contributed by atoms with Crippen LogP contribution in [0, 0.1) is 10.8 Å². The van der Waals surface area contributed by atoms with Gasteiger partial charge in [-0.15, -0.1) is 0 Å². The van der Waals surface area contributed by atoms with Gasteiger partial charge in [-0.05, 0) is 178 Å². The van der Waals surface area contributed by atoms with E-state index in [2.05, 4.69) is 189 Å². The highest BCUT2D eigenvalue weighted by Gasteiger charge is 2.64. The number of hydrogen-bond acceptors (Lipinski definition) is 6. The van der Waals surface area contributed by atoms with Crippen molar-refractivity contribution in [3.05, 3.63) is 327 Å². The zero-order valence-corrected chi connectivity index (χ0v) is 58.3. The van der Waals surface area contributed by atoms with Crippen molar-refractivity contribution in [3.63, 3.8) is 0 Å². The van der Waals surface area contributed by atoms with Gasteiger partial charge in [-0.3, -0.25) is 9.59 Å². The Bertz CT molecular complexity index is 4090. The van der Waals surface area contributed by atoms with Crippen LogP contribution in [0.5, 0.6) is 0 Å². The third-order valence-electron chi connectivity index (χ3n) is 18.9. The van der Waals surface area contributed by atoms with Gasteiger partial charge in [-0.1, -0.05) is 255 Å². The third-order valence-corrected chi connectivity index (χ3v) is 20.0. The zero-order valence-electron chi connectivity index (χ0n) is 55.2. The number of ether oxygens (including phenoxy) is 4. The first-order valence-corrected chi connectivity index (χ1v) is 33.9. The highest BCUT2D eigenvalue weighted by molar-refractivity contribution is 6.33. The van der Waals surface area contributed by atoms with Gasteiger partial charge in [0.1, 0.15) is 0 Å². The van der Waals surface area contributed by atoms with Crippen LogP contribution in [0.25, 0.3) is 22.3 Å². The molecule has 1 heterocycles. The molecule has 1 aliphatic heterocycles. The first kappa shape index (κ1) is 67.6. The Morgan fingerprint density at radius 1 is 0.404 bits per heavy atom. The summed E-state index contributed by atoms with van der Waals surface area (Å²) in [6.45, 7) is 25.4. The van der Waals surface area contributed by atoms with E-state index in [1.165, 1.54) is 44.6 Å². The molecule has 5 aliphatic rings. The average molecular weight is 1330 g/mol. The van der Waals surface area contributed by atoms with Crippen molar-refractivity contribution in [1.82, 2.24) is 0 Å². The molecule has 2 atom stereocenters. The Kier molecular flexibility index (Phi) is 20.3. The van der Waals surface area contributed by atoms with Crippen molar-refractivity contribution in [2.45, 2.75) is 92.9 Å². The predicted molar refractivity (Wildman–Crippen MR) is 387 cm³/mol. The molecule has 0 unspecified atom stereocenters. The highest BCUT2D eigenvalue weighted by atomic mass is 35.5. The summed E-state index contributed by atoms with van der Waals surface area (Å²) < 4.78 is 21.4. The summed E-state index contributed by atoms with van der Waals surface area (Å²) in [5.74, 6) is -0.459. The molecule has 0 bridgehead atoms. The minimum Gasteiger partial charge on any atom is -0.466 e. The molecule has 13 rings (SSSR count). The van der Waals surface area contributed by atoms with Crippen LogP contribution >= 0.6 is 46.4 Å². The van der Waals surface area contributed by atoms with E-state index in [1.54, 1.807) is 0 Å². The van der Waals surface area contributed by atoms with E-state index in [-0.39, 0.29) is 24.8 Å². The van der Waals surface area contributed by atoms with Crippen LogP contribution in [0.3, 0.4) is 0 Å². The molecule has 480 valence electrons. The monoisotopic (exact) mass is 1320 g/mol. The molecule has 4 aliphatic carbocycles. The molecule has 3 fully saturated rings. The second-order valence-corrected chi connectivity index (χ2v) is 27.5. The second-order valence-electron chi connectivity index (χ2n) is 25.8. The van der Waals surface area contributed by atoms with Gasteiger partial charge in [-0.2, -0.15) is 0 Å². The Balaban J connectivity index is 0.000000176. The fraction of sp³-hybridized carbons (Fsp3) is 0.262. The van der Waals surface area contributed by atoms with E-state index in [9.17, 15) is 9.59 Å². The molecular weight excluding hydrogens is 1250 g/mol. The van der Waals surface area contributed by atoms with Gasteiger partial charge in [0.25, 0.3) is 0 Å². The number of fused-ring (bicyclic) bond motifs is 6. The zero-order chi connectivity index (χ0) is 66.7. The van der Waals surface area contributed by atoms with Crippen molar-refractivity contribution in [3.8, 4) is 0 Å². The molecule has 8 aromatic rings. The van der Waals surface area contributed by atoms with Crippen LogP contribution in [0.2, 0.25) is 20.1 Å². The van der Waals surface area contributed by atoms with Crippen LogP contribution in [-0.2, 0) is 39.4 Å². The molecule has 0 radical (unpaired) electrons. The van der Waals surface area contributed by atoms with E-state index in [1.807, 2.05) is 86.6 Å². The lowest BCUT2D eigenvalue weighted by Gasteiger charge is -2.33. The smallest absolute Gasteiger partial charge is 0.307 e. The number of rotatable bonds is 12. The van der Waals surface area contributed by atoms with Gasteiger partial charge in [0.05, 0.1) is 63.3 Å². The summed E-state index contributed by atoms with van der Waals surface area (Å²) in [6.07, 6.45) is 0.335. The van der Waals surface area contributed by atoms with Crippen LogP contribution in [0.4, 0.5) is 0 Å². The molecule has 94 heavy (non-hydrogen) atoms. The largest absolute Gasteiger partial charge is 0.466 e. The average Bonchev–Trinajstić information content (AvgIpc) is 1.51. The van der Waals surface area contributed by atoms with Gasteiger partial charge in [0, 0.05) is 42.0 Å². The van der Waals surface area contributed by atoms with E-state index in [0.717, 1.165) is 104 Å². The van der Waals surface area contributed by atoms with Crippen molar-refractivity contribution < 1.29 is 28.5 Å². The fourth-order valence-corrected chi connectivity index (χ4v) is 16.8.